The summed E-state index contributed by atoms with van der Waals surface area (Å²) in [4.78, 5) is 11.7. The third kappa shape index (κ3) is 2.87. The molecule has 0 N–H and O–H groups in total. The lowest BCUT2D eigenvalue weighted by atomic mass is 10.2. The summed E-state index contributed by atoms with van der Waals surface area (Å²) >= 11 is 0. The number of nitrogens with zero attached hydrogens (tertiary/aromatic N) is 1. The third-order valence-electron chi connectivity index (χ3n) is 1.86. The van der Waals surface area contributed by atoms with Gasteiger partial charge in [0.1, 0.15) is 11.8 Å². The first-order chi connectivity index (χ1) is 7.02. The van der Waals surface area contributed by atoms with E-state index in [0.29, 0.717) is 11.4 Å². The molecule has 4 nitrogen and oxygen atoms in total. The van der Waals surface area contributed by atoms with Crippen LogP contribution in [0.5, 0.6) is 5.75 Å². The topological polar surface area (TPSA) is 52.6 Å². The lowest BCUT2D eigenvalue weighted by Gasteiger charge is -2.23. The van der Waals surface area contributed by atoms with Crippen LogP contribution in [0.3, 0.4) is 0 Å². The van der Waals surface area contributed by atoms with E-state index in [1.54, 1.807) is 24.3 Å². The molecule has 4 heteroatoms. The molecule has 0 spiro atoms. The van der Waals surface area contributed by atoms with Gasteiger partial charge in [-0.1, -0.05) is 12.1 Å². The highest BCUT2D eigenvalue weighted by atomic mass is 16.5. The molecule has 0 fully saturated rings. The van der Waals surface area contributed by atoms with Gasteiger partial charge in [-0.25, -0.2) is 0 Å². The van der Waals surface area contributed by atoms with Crippen molar-refractivity contribution in [3.8, 4) is 5.75 Å². The Morgan fingerprint density at radius 1 is 1.40 bits per heavy atom. The molecule has 1 aromatic rings. The van der Waals surface area contributed by atoms with Crippen LogP contribution in [0, 0.1) is 0 Å². The van der Waals surface area contributed by atoms with Crippen molar-refractivity contribution in [2.45, 2.75) is 20.0 Å². The number of carbonyl (C=O) groups is 1. The number of hydrogen-bond acceptors (Lipinski definition) is 3. The summed E-state index contributed by atoms with van der Waals surface area (Å²) < 4.78 is 5.48. The molecule has 0 saturated carbocycles. The number of carbonyl (C=O) groups excluding carboxylic acids is 1. The minimum absolute atomic E-state index is 0.00121. The number of carboxylic acid groups (broad SMARTS) is 1. The second-order valence-electron chi connectivity index (χ2n) is 3.46. The molecule has 0 radical (unpaired) electrons. The van der Waals surface area contributed by atoms with Gasteiger partial charge in [-0.05, 0) is 26.0 Å². The molecule has 0 aliphatic carbocycles. The zero-order valence-corrected chi connectivity index (χ0v) is 9.06. The second kappa shape index (κ2) is 4.68. The lowest BCUT2D eigenvalue weighted by molar-refractivity contribution is -0.246. The number of amides is 1. The Morgan fingerprint density at radius 3 is 2.53 bits per heavy atom. The van der Waals surface area contributed by atoms with Gasteiger partial charge in [0, 0.05) is 7.05 Å². The van der Waals surface area contributed by atoms with Gasteiger partial charge in [0.25, 0.3) is 0 Å². The van der Waals surface area contributed by atoms with E-state index in [4.69, 9.17) is 4.74 Å². The molecule has 15 heavy (non-hydrogen) atoms. The van der Waals surface area contributed by atoms with Crippen LogP contribution in [0.25, 0.3) is 0 Å². The van der Waals surface area contributed by atoms with Crippen molar-refractivity contribution in [3.05, 3.63) is 24.3 Å². The zero-order valence-electron chi connectivity index (χ0n) is 9.06. The van der Waals surface area contributed by atoms with Gasteiger partial charge in [-0.3, -0.25) is 0 Å². The molecule has 0 aromatic heterocycles. The predicted octanol–water partition coefficient (Wildman–Crippen LogP) is 1.25. The fourth-order valence-electron chi connectivity index (χ4n) is 1.19. The molecule has 0 bridgehead atoms. The Balaban J connectivity index is 3.00. The summed E-state index contributed by atoms with van der Waals surface area (Å²) in [6.07, 6.45) is -1.25. The largest absolute Gasteiger partial charge is 0.530 e. The maximum atomic E-state index is 10.7. The summed E-state index contributed by atoms with van der Waals surface area (Å²) in [5.41, 5.74) is 0.492. The number of hydrogen-bond donors (Lipinski definition) is 0. The Morgan fingerprint density at radius 2 is 2.00 bits per heavy atom. The summed E-state index contributed by atoms with van der Waals surface area (Å²) in [7, 11) is 1.43. The van der Waals surface area contributed by atoms with Crippen molar-refractivity contribution in [3.63, 3.8) is 0 Å². The van der Waals surface area contributed by atoms with Crippen molar-refractivity contribution in [1.82, 2.24) is 0 Å². The normalized spacial score (nSPS) is 10.1. The Bertz CT molecular complexity index is 349. The molecule has 0 aliphatic rings. The van der Waals surface area contributed by atoms with Crippen molar-refractivity contribution in [1.29, 1.82) is 0 Å². The lowest BCUT2D eigenvalue weighted by Crippen LogP contribution is -2.38. The molecule has 0 unspecified atom stereocenters. The fraction of sp³-hybridized carbons (Fsp3) is 0.364. The van der Waals surface area contributed by atoms with Crippen molar-refractivity contribution >= 4 is 11.8 Å². The number of ether oxygens (including phenoxy) is 1. The Kier molecular flexibility index (Phi) is 3.55. The summed E-state index contributed by atoms with van der Waals surface area (Å²) in [5, 5.41) is 10.7. The van der Waals surface area contributed by atoms with Crippen LogP contribution in [0.15, 0.2) is 24.3 Å². The molecular weight excluding hydrogens is 194 g/mol. The van der Waals surface area contributed by atoms with Gasteiger partial charge in [0.2, 0.25) is 0 Å². The zero-order chi connectivity index (χ0) is 11.4. The van der Waals surface area contributed by atoms with Gasteiger partial charge in [-0.2, -0.15) is 0 Å². The molecule has 0 aliphatic heterocycles. The molecule has 0 atom stereocenters. The number of para-hydroxylation sites is 2. The predicted molar refractivity (Wildman–Crippen MR) is 56.0 cm³/mol. The number of rotatable bonds is 3. The van der Waals surface area contributed by atoms with Crippen LogP contribution in [0.1, 0.15) is 13.8 Å². The standard InChI is InChI=1S/C11H15NO3/c1-8(2)15-10-7-5-4-6-9(10)12(3)11(13)14/h4-8H,1-3H3,(H,13,14)/p-1. The van der Waals surface area contributed by atoms with Gasteiger partial charge in [0.05, 0.1) is 11.8 Å². The van der Waals surface area contributed by atoms with Crippen LogP contribution in [-0.4, -0.2) is 19.2 Å². The summed E-state index contributed by atoms with van der Waals surface area (Å²) in [6.45, 7) is 3.77. The first-order valence-corrected chi connectivity index (χ1v) is 4.72. The SMILES string of the molecule is CC(C)Oc1ccccc1N(C)C(=O)[O-]. The van der Waals surface area contributed by atoms with Crippen LogP contribution < -0.4 is 14.7 Å². The van der Waals surface area contributed by atoms with Crippen molar-refractivity contribution in [2.75, 3.05) is 11.9 Å². The summed E-state index contributed by atoms with van der Waals surface area (Å²) in [5.74, 6) is 0.541. The van der Waals surface area contributed by atoms with E-state index < -0.39 is 6.09 Å². The van der Waals surface area contributed by atoms with E-state index in [1.807, 2.05) is 13.8 Å². The summed E-state index contributed by atoms with van der Waals surface area (Å²) in [6, 6.07) is 6.95. The van der Waals surface area contributed by atoms with Crippen LogP contribution in [0.2, 0.25) is 0 Å². The monoisotopic (exact) mass is 208 g/mol. The first kappa shape index (κ1) is 11.4. The van der Waals surface area contributed by atoms with E-state index in [9.17, 15) is 9.90 Å². The third-order valence-corrected chi connectivity index (χ3v) is 1.86. The van der Waals surface area contributed by atoms with Crippen LogP contribution in [-0.2, 0) is 0 Å². The number of anilines is 1. The van der Waals surface area contributed by atoms with Crippen LogP contribution >= 0.6 is 0 Å². The molecule has 0 heterocycles. The van der Waals surface area contributed by atoms with E-state index in [0.717, 1.165) is 4.90 Å². The Labute approximate surface area is 89.1 Å². The van der Waals surface area contributed by atoms with Gasteiger partial charge >= 0.3 is 0 Å². The van der Waals surface area contributed by atoms with Gasteiger partial charge in [0.15, 0.2) is 0 Å². The Hall–Kier alpha value is -1.71. The minimum Gasteiger partial charge on any atom is -0.530 e. The molecule has 1 rings (SSSR count). The smallest absolute Gasteiger partial charge is 0.143 e. The number of benzene rings is 1. The highest BCUT2D eigenvalue weighted by molar-refractivity contribution is 5.86. The van der Waals surface area contributed by atoms with E-state index >= 15 is 0 Å². The van der Waals surface area contributed by atoms with Crippen LogP contribution in [0.4, 0.5) is 10.5 Å². The van der Waals surface area contributed by atoms with Gasteiger partial charge < -0.3 is 19.5 Å². The van der Waals surface area contributed by atoms with E-state index in [2.05, 4.69) is 0 Å². The minimum atomic E-state index is -1.25. The maximum absolute atomic E-state index is 10.7. The van der Waals surface area contributed by atoms with E-state index in [-0.39, 0.29) is 6.10 Å². The van der Waals surface area contributed by atoms with Crippen molar-refractivity contribution in [2.24, 2.45) is 0 Å². The fourth-order valence-corrected chi connectivity index (χ4v) is 1.19. The average molecular weight is 208 g/mol. The molecule has 0 saturated heterocycles. The van der Waals surface area contributed by atoms with Gasteiger partial charge in [-0.15, -0.1) is 0 Å². The highest BCUT2D eigenvalue weighted by Crippen LogP contribution is 2.27. The van der Waals surface area contributed by atoms with Crippen molar-refractivity contribution < 1.29 is 14.6 Å². The molecule has 82 valence electrons. The molecular formula is C11H14NO3-. The maximum Gasteiger partial charge on any atom is 0.143 e. The van der Waals surface area contributed by atoms with E-state index in [1.165, 1.54) is 7.05 Å². The second-order valence-corrected chi connectivity index (χ2v) is 3.46. The molecule has 1 amide bonds. The average Bonchev–Trinajstić information content (AvgIpc) is 2.16. The first-order valence-electron chi connectivity index (χ1n) is 4.72. The quantitative estimate of drug-likeness (QED) is 0.751. The highest BCUT2D eigenvalue weighted by Gasteiger charge is 2.09. The molecule has 1 aromatic carbocycles.